The molecule has 0 fully saturated rings. The molecule has 6 aromatic rings. The van der Waals surface area contributed by atoms with E-state index in [-0.39, 0.29) is 12.1 Å². The van der Waals surface area contributed by atoms with Crippen LogP contribution >= 0.6 is 0 Å². The Morgan fingerprint density at radius 2 is 1.15 bits per heavy atom. The highest BCUT2D eigenvalue weighted by molar-refractivity contribution is 6.12. The summed E-state index contributed by atoms with van der Waals surface area (Å²) >= 11 is 0. The van der Waals surface area contributed by atoms with Crippen LogP contribution in [-0.4, -0.2) is 11.7 Å². The van der Waals surface area contributed by atoms with E-state index in [0.717, 1.165) is 29.2 Å². The standard InChI is InChI=1S/C43H33N3/c1-3-10-30(11-4-1)32-18-24-36(25-19-32)41-44-42(37-26-20-33(21-27-37)31-12-5-2-6-13-31)46-43(45-41)38-28-22-35(23-29-38)40-17-9-15-34-14-7-8-16-39(34)40/h1-26,28-29,37,43H,27H2,(H,44,45,46). The Morgan fingerprint density at radius 3 is 1.89 bits per heavy atom. The lowest BCUT2D eigenvalue weighted by Crippen LogP contribution is -2.39. The molecular formula is C43H33N3. The Bertz CT molecular complexity index is 2120. The zero-order chi connectivity index (χ0) is 30.7. The Balaban J connectivity index is 1.12. The van der Waals surface area contributed by atoms with Crippen LogP contribution in [0.4, 0.5) is 0 Å². The summed E-state index contributed by atoms with van der Waals surface area (Å²) < 4.78 is 0. The average Bonchev–Trinajstić information content (AvgIpc) is 3.15. The van der Waals surface area contributed by atoms with Crippen LogP contribution in [0.3, 0.4) is 0 Å². The summed E-state index contributed by atoms with van der Waals surface area (Å²) in [5.41, 5.74) is 9.41. The first-order valence-corrected chi connectivity index (χ1v) is 15.9. The van der Waals surface area contributed by atoms with E-state index in [2.05, 4.69) is 169 Å². The SMILES string of the molecule is C1=CC(C2=NC(c3ccc(-c4cccc5ccccc45)cc3)N=C(c3ccc(-c4ccccc4)cc3)N2)CC=C1c1ccccc1. The Kier molecular flexibility index (Phi) is 7.41. The number of nitrogens with zero attached hydrogens (tertiary/aromatic N) is 2. The summed E-state index contributed by atoms with van der Waals surface area (Å²) in [7, 11) is 0. The largest absolute Gasteiger partial charge is 0.328 e. The van der Waals surface area contributed by atoms with E-state index in [4.69, 9.17) is 9.98 Å². The minimum absolute atomic E-state index is 0.138. The summed E-state index contributed by atoms with van der Waals surface area (Å²) in [6, 6.07) is 53.5. The zero-order valence-electron chi connectivity index (χ0n) is 25.4. The molecule has 0 spiro atoms. The lowest BCUT2D eigenvalue weighted by atomic mass is 9.91. The molecule has 220 valence electrons. The third-order valence-corrected chi connectivity index (χ3v) is 8.89. The highest BCUT2D eigenvalue weighted by atomic mass is 15.2. The van der Waals surface area contributed by atoms with Crippen molar-refractivity contribution in [2.24, 2.45) is 15.9 Å². The van der Waals surface area contributed by atoms with Crippen LogP contribution in [0.1, 0.15) is 29.3 Å². The predicted molar refractivity (Wildman–Crippen MR) is 193 cm³/mol. The van der Waals surface area contributed by atoms with Crippen molar-refractivity contribution in [3.63, 3.8) is 0 Å². The maximum Gasteiger partial charge on any atom is 0.169 e. The number of benzene rings is 6. The molecule has 1 heterocycles. The van der Waals surface area contributed by atoms with Gasteiger partial charge in [-0.05, 0) is 56.1 Å². The summed E-state index contributed by atoms with van der Waals surface area (Å²) in [6.45, 7) is 0. The smallest absolute Gasteiger partial charge is 0.169 e. The van der Waals surface area contributed by atoms with Gasteiger partial charge in [-0.25, -0.2) is 9.98 Å². The van der Waals surface area contributed by atoms with Gasteiger partial charge in [0.2, 0.25) is 0 Å². The summed E-state index contributed by atoms with van der Waals surface area (Å²) in [6.07, 6.45) is 7.35. The molecule has 8 rings (SSSR count). The summed E-state index contributed by atoms with van der Waals surface area (Å²) in [4.78, 5) is 10.4. The zero-order valence-corrected chi connectivity index (χ0v) is 25.4. The van der Waals surface area contributed by atoms with Crippen LogP contribution in [0.2, 0.25) is 0 Å². The Hall–Kier alpha value is -5.80. The molecule has 1 aliphatic carbocycles. The van der Waals surface area contributed by atoms with Gasteiger partial charge in [0, 0.05) is 11.5 Å². The molecule has 0 saturated carbocycles. The van der Waals surface area contributed by atoms with Gasteiger partial charge in [0.25, 0.3) is 0 Å². The molecular weight excluding hydrogens is 558 g/mol. The fourth-order valence-electron chi connectivity index (χ4n) is 6.38. The molecule has 0 saturated heterocycles. The Morgan fingerprint density at radius 1 is 0.522 bits per heavy atom. The maximum atomic E-state index is 5.20. The molecule has 2 aliphatic rings. The van der Waals surface area contributed by atoms with E-state index in [1.165, 1.54) is 44.2 Å². The van der Waals surface area contributed by atoms with Crippen LogP contribution in [0, 0.1) is 5.92 Å². The van der Waals surface area contributed by atoms with Gasteiger partial charge >= 0.3 is 0 Å². The molecule has 0 aromatic heterocycles. The lowest BCUT2D eigenvalue weighted by molar-refractivity contribution is 0.721. The Labute approximate surface area is 270 Å². The highest BCUT2D eigenvalue weighted by Gasteiger charge is 2.25. The summed E-state index contributed by atoms with van der Waals surface area (Å²) in [5, 5.41) is 6.13. The minimum Gasteiger partial charge on any atom is -0.328 e. The van der Waals surface area contributed by atoms with Gasteiger partial charge in [0.1, 0.15) is 11.7 Å². The lowest BCUT2D eigenvalue weighted by Gasteiger charge is -2.27. The van der Waals surface area contributed by atoms with E-state index in [0.29, 0.717) is 0 Å². The van der Waals surface area contributed by atoms with E-state index in [1.54, 1.807) is 0 Å². The number of aliphatic imine (C=N–C) groups is 2. The third-order valence-electron chi connectivity index (χ3n) is 8.89. The van der Waals surface area contributed by atoms with Gasteiger partial charge < -0.3 is 5.32 Å². The predicted octanol–water partition coefficient (Wildman–Crippen LogP) is 10.3. The monoisotopic (exact) mass is 591 g/mol. The van der Waals surface area contributed by atoms with Crippen molar-refractivity contribution in [1.29, 1.82) is 0 Å². The van der Waals surface area contributed by atoms with Crippen molar-refractivity contribution < 1.29 is 0 Å². The van der Waals surface area contributed by atoms with Gasteiger partial charge in [-0.1, -0.05) is 170 Å². The van der Waals surface area contributed by atoms with Crippen LogP contribution in [0.25, 0.3) is 38.6 Å². The fourth-order valence-corrected chi connectivity index (χ4v) is 6.38. The molecule has 0 radical (unpaired) electrons. The number of hydrogen-bond acceptors (Lipinski definition) is 3. The van der Waals surface area contributed by atoms with Crippen LogP contribution in [-0.2, 0) is 0 Å². The van der Waals surface area contributed by atoms with Crippen LogP contribution in [0.15, 0.2) is 180 Å². The third kappa shape index (κ3) is 5.60. The van der Waals surface area contributed by atoms with Gasteiger partial charge in [-0.15, -0.1) is 0 Å². The molecule has 3 heteroatoms. The topological polar surface area (TPSA) is 36.8 Å². The first kappa shape index (κ1) is 27.7. The van der Waals surface area contributed by atoms with Crippen molar-refractivity contribution in [2.45, 2.75) is 12.6 Å². The average molecular weight is 592 g/mol. The molecule has 3 nitrogen and oxygen atoms in total. The van der Waals surface area contributed by atoms with Crippen LogP contribution in [0.5, 0.6) is 0 Å². The van der Waals surface area contributed by atoms with E-state index >= 15 is 0 Å². The van der Waals surface area contributed by atoms with E-state index in [9.17, 15) is 0 Å². The number of hydrogen-bond donors (Lipinski definition) is 1. The van der Waals surface area contributed by atoms with Crippen molar-refractivity contribution in [3.8, 4) is 22.3 Å². The second-order valence-corrected chi connectivity index (χ2v) is 11.8. The number of nitrogens with one attached hydrogen (secondary N) is 1. The highest BCUT2D eigenvalue weighted by Crippen LogP contribution is 2.33. The van der Waals surface area contributed by atoms with Crippen molar-refractivity contribution in [3.05, 3.63) is 187 Å². The first-order valence-electron chi connectivity index (χ1n) is 15.9. The molecule has 46 heavy (non-hydrogen) atoms. The van der Waals surface area contributed by atoms with Crippen molar-refractivity contribution >= 4 is 28.0 Å². The van der Waals surface area contributed by atoms with Gasteiger partial charge in [0.05, 0.1) is 0 Å². The number of allylic oxidation sites excluding steroid dienone is 3. The molecule has 1 N–H and O–H groups in total. The van der Waals surface area contributed by atoms with Gasteiger partial charge in [-0.2, -0.15) is 0 Å². The fraction of sp³-hybridized carbons (Fsp3) is 0.0698. The second kappa shape index (κ2) is 12.3. The quantitative estimate of drug-likeness (QED) is 0.206. The normalized spacial score (nSPS) is 17.5. The number of rotatable bonds is 6. The van der Waals surface area contributed by atoms with Gasteiger partial charge in [0.15, 0.2) is 6.17 Å². The maximum absolute atomic E-state index is 5.20. The minimum atomic E-state index is -0.338. The van der Waals surface area contributed by atoms with Crippen molar-refractivity contribution in [2.75, 3.05) is 0 Å². The van der Waals surface area contributed by atoms with E-state index < -0.39 is 0 Å². The number of fused-ring (bicyclic) bond motifs is 1. The molecule has 2 unspecified atom stereocenters. The molecule has 6 aromatic carbocycles. The second-order valence-electron chi connectivity index (χ2n) is 11.8. The molecule has 0 amide bonds. The molecule has 1 aliphatic heterocycles. The first-order chi connectivity index (χ1) is 22.8. The van der Waals surface area contributed by atoms with E-state index in [1.807, 2.05) is 6.07 Å². The molecule has 0 bridgehead atoms. The van der Waals surface area contributed by atoms with Gasteiger partial charge in [-0.3, -0.25) is 0 Å². The number of amidine groups is 2. The van der Waals surface area contributed by atoms with Crippen molar-refractivity contribution in [1.82, 2.24) is 5.32 Å². The summed E-state index contributed by atoms with van der Waals surface area (Å²) in [5.74, 6) is 1.93. The molecule has 2 atom stereocenters. The van der Waals surface area contributed by atoms with Crippen LogP contribution < -0.4 is 5.32 Å².